The lowest BCUT2D eigenvalue weighted by Crippen LogP contribution is -2.45. The molecule has 5 nitrogen and oxygen atoms in total. The van der Waals surface area contributed by atoms with E-state index in [9.17, 15) is 4.79 Å². The number of β-amino-alcohol motifs (C(OH)–C–C–N with tert-alkyl or cyclic N) is 1. The average Bonchev–Trinajstić information content (AvgIpc) is 2.34. The lowest BCUT2D eigenvalue weighted by atomic mass is 10.1. The van der Waals surface area contributed by atoms with E-state index >= 15 is 0 Å². The molecule has 1 amide bonds. The van der Waals surface area contributed by atoms with Crippen molar-refractivity contribution in [3.8, 4) is 5.75 Å². The van der Waals surface area contributed by atoms with Gasteiger partial charge >= 0.3 is 0 Å². The van der Waals surface area contributed by atoms with Gasteiger partial charge in [0.1, 0.15) is 5.75 Å². The quantitative estimate of drug-likeness (QED) is 0.792. The summed E-state index contributed by atoms with van der Waals surface area (Å²) < 4.78 is 5.47. The lowest BCUT2D eigenvalue weighted by Gasteiger charge is -2.32. The number of carbonyl (C=O) groups excluding carboxylic acids is 1. The molecule has 1 aliphatic rings. The first kappa shape index (κ1) is 11.9. The first-order valence-electron chi connectivity index (χ1n) is 5.50. The maximum atomic E-state index is 11.9. The van der Waals surface area contributed by atoms with Crippen LogP contribution in [0.25, 0.3) is 0 Å². The van der Waals surface area contributed by atoms with Crippen LogP contribution in [0.5, 0.6) is 5.75 Å². The van der Waals surface area contributed by atoms with E-state index in [4.69, 9.17) is 14.9 Å². The molecule has 92 valence electrons. The molecule has 0 aromatic heterocycles. The summed E-state index contributed by atoms with van der Waals surface area (Å²) in [5.74, 6) is 0.421. The van der Waals surface area contributed by atoms with Crippen LogP contribution in [-0.4, -0.2) is 35.4 Å². The summed E-state index contributed by atoms with van der Waals surface area (Å²) >= 11 is 0. The smallest absolute Gasteiger partial charge is 0.267 e. The number of carbonyl (C=O) groups is 1. The van der Waals surface area contributed by atoms with Gasteiger partial charge in [-0.05, 0) is 24.6 Å². The van der Waals surface area contributed by atoms with Crippen molar-refractivity contribution >= 4 is 11.6 Å². The van der Waals surface area contributed by atoms with Crippen LogP contribution in [-0.2, 0) is 11.4 Å². The Morgan fingerprint density at radius 2 is 2.18 bits per heavy atom. The number of aliphatic hydroxyl groups is 2. The van der Waals surface area contributed by atoms with E-state index in [1.807, 2.05) is 0 Å². The van der Waals surface area contributed by atoms with Crippen molar-refractivity contribution < 1.29 is 19.7 Å². The van der Waals surface area contributed by atoms with E-state index in [-0.39, 0.29) is 25.7 Å². The second-order valence-electron chi connectivity index (χ2n) is 3.93. The van der Waals surface area contributed by atoms with E-state index in [0.717, 1.165) is 0 Å². The number of hydrogen-bond donors (Lipinski definition) is 2. The minimum Gasteiger partial charge on any atom is -0.479 e. The molecule has 1 aliphatic heterocycles. The predicted molar refractivity (Wildman–Crippen MR) is 61.9 cm³/mol. The van der Waals surface area contributed by atoms with Gasteiger partial charge in [-0.15, -0.1) is 0 Å². The van der Waals surface area contributed by atoms with E-state index in [1.54, 1.807) is 25.1 Å². The van der Waals surface area contributed by atoms with Crippen LogP contribution < -0.4 is 9.64 Å². The molecular weight excluding hydrogens is 222 g/mol. The summed E-state index contributed by atoms with van der Waals surface area (Å²) in [6.45, 7) is 1.70. The summed E-state index contributed by atoms with van der Waals surface area (Å²) in [7, 11) is 0. The molecule has 0 fully saturated rings. The molecule has 1 aromatic carbocycles. The number of amides is 1. The fourth-order valence-corrected chi connectivity index (χ4v) is 1.88. The predicted octanol–water partition coefficient (Wildman–Crippen LogP) is 0.285. The van der Waals surface area contributed by atoms with Gasteiger partial charge in [0, 0.05) is 6.54 Å². The molecule has 0 saturated carbocycles. The summed E-state index contributed by atoms with van der Waals surface area (Å²) in [6, 6.07) is 5.18. The van der Waals surface area contributed by atoms with E-state index in [2.05, 4.69) is 0 Å². The monoisotopic (exact) mass is 237 g/mol. The number of nitrogens with zero attached hydrogens (tertiary/aromatic N) is 1. The molecule has 1 aromatic rings. The number of anilines is 1. The molecular formula is C12H15NO4. The molecule has 0 saturated heterocycles. The van der Waals surface area contributed by atoms with Gasteiger partial charge in [-0.1, -0.05) is 6.07 Å². The standard InChI is InChI=1S/C12H15NO4/c1-8-12(16)13(4-5-14)10-6-9(7-15)2-3-11(10)17-8/h2-3,6,8,14-15H,4-5,7H2,1H3. The zero-order valence-electron chi connectivity index (χ0n) is 9.59. The van der Waals surface area contributed by atoms with Crippen LogP contribution in [0.1, 0.15) is 12.5 Å². The molecule has 1 unspecified atom stereocenters. The van der Waals surface area contributed by atoms with Gasteiger partial charge in [-0.3, -0.25) is 4.79 Å². The number of fused-ring (bicyclic) bond motifs is 1. The van der Waals surface area contributed by atoms with Gasteiger partial charge in [-0.25, -0.2) is 0 Å². The Kier molecular flexibility index (Phi) is 3.31. The zero-order valence-corrected chi connectivity index (χ0v) is 9.59. The third-order valence-corrected chi connectivity index (χ3v) is 2.74. The van der Waals surface area contributed by atoms with Crippen LogP contribution in [0.4, 0.5) is 5.69 Å². The highest BCUT2D eigenvalue weighted by Crippen LogP contribution is 2.34. The Morgan fingerprint density at radius 1 is 1.41 bits per heavy atom. The van der Waals surface area contributed by atoms with Gasteiger partial charge in [0.25, 0.3) is 5.91 Å². The average molecular weight is 237 g/mol. The Balaban J connectivity index is 2.43. The third-order valence-electron chi connectivity index (χ3n) is 2.74. The Morgan fingerprint density at radius 3 is 2.82 bits per heavy atom. The Bertz CT molecular complexity index is 433. The summed E-state index contributed by atoms with van der Waals surface area (Å²) in [5.41, 5.74) is 1.31. The van der Waals surface area contributed by atoms with Crippen molar-refractivity contribution in [3.05, 3.63) is 23.8 Å². The van der Waals surface area contributed by atoms with Crippen LogP contribution in [0.2, 0.25) is 0 Å². The Hall–Kier alpha value is -1.59. The molecule has 5 heteroatoms. The number of aliphatic hydroxyl groups excluding tert-OH is 2. The highest BCUT2D eigenvalue weighted by molar-refractivity contribution is 5.99. The molecule has 2 N–H and O–H groups in total. The zero-order chi connectivity index (χ0) is 12.4. The number of ether oxygens (including phenoxy) is 1. The number of rotatable bonds is 3. The van der Waals surface area contributed by atoms with Gasteiger partial charge < -0.3 is 19.8 Å². The summed E-state index contributed by atoms with van der Waals surface area (Å²) in [5, 5.41) is 18.1. The van der Waals surface area contributed by atoms with Crippen LogP contribution in [0.3, 0.4) is 0 Å². The highest BCUT2D eigenvalue weighted by Gasteiger charge is 2.31. The second kappa shape index (κ2) is 4.73. The van der Waals surface area contributed by atoms with Crippen LogP contribution >= 0.6 is 0 Å². The van der Waals surface area contributed by atoms with Crippen molar-refractivity contribution in [2.75, 3.05) is 18.1 Å². The van der Waals surface area contributed by atoms with Crippen molar-refractivity contribution in [2.45, 2.75) is 19.6 Å². The van der Waals surface area contributed by atoms with Gasteiger partial charge in [0.05, 0.1) is 18.9 Å². The number of benzene rings is 1. The molecule has 0 bridgehead atoms. The van der Waals surface area contributed by atoms with Crippen molar-refractivity contribution in [3.63, 3.8) is 0 Å². The highest BCUT2D eigenvalue weighted by atomic mass is 16.5. The minimum absolute atomic E-state index is 0.0933. The van der Waals surface area contributed by atoms with E-state index in [1.165, 1.54) is 4.90 Å². The normalized spacial score (nSPS) is 18.9. The van der Waals surface area contributed by atoms with Gasteiger partial charge in [0.2, 0.25) is 0 Å². The third kappa shape index (κ3) is 2.11. The summed E-state index contributed by atoms with van der Waals surface area (Å²) in [4.78, 5) is 13.4. The Labute approximate surface area is 99.2 Å². The topological polar surface area (TPSA) is 70.0 Å². The van der Waals surface area contributed by atoms with Gasteiger partial charge in [0.15, 0.2) is 6.10 Å². The largest absolute Gasteiger partial charge is 0.479 e. The van der Waals surface area contributed by atoms with Gasteiger partial charge in [-0.2, -0.15) is 0 Å². The first-order chi connectivity index (χ1) is 8.17. The maximum Gasteiger partial charge on any atom is 0.267 e. The fourth-order valence-electron chi connectivity index (χ4n) is 1.88. The lowest BCUT2D eigenvalue weighted by molar-refractivity contribution is -0.125. The molecule has 0 radical (unpaired) electrons. The van der Waals surface area contributed by atoms with Crippen LogP contribution in [0.15, 0.2) is 18.2 Å². The fraction of sp³-hybridized carbons (Fsp3) is 0.417. The minimum atomic E-state index is -0.547. The van der Waals surface area contributed by atoms with Crippen molar-refractivity contribution in [1.29, 1.82) is 0 Å². The second-order valence-corrected chi connectivity index (χ2v) is 3.93. The molecule has 0 spiro atoms. The van der Waals surface area contributed by atoms with E-state index in [0.29, 0.717) is 17.0 Å². The summed E-state index contributed by atoms with van der Waals surface area (Å²) in [6.07, 6.45) is -0.547. The van der Waals surface area contributed by atoms with E-state index < -0.39 is 6.10 Å². The van der Waals surface area contributed by atoms with Crippen molar-refractivity contribution in [1.82, 2.24) is 0 Å². The molecule has 1 atom stereocenters. The molecule has 17 heavy (non-hydrogen) atoms. The number of hydrogen-bond acceptors (Lipinski definition) is 4. The molecule has 2 rings (SSSR count). The maximum absolute atomic E-state index is 11.9. The molecule has 0 aliphatic carbocycles. The first-order valence-corrected chi connectivity index (χ1v) is 5.50. The van der Waals surface area contributed by atoms with Crippen molar-refractivity contribution in [2.24, 2.45) is 0 Å². The van der Waals surface area contributed by atoms with Crippen LogP contribution in [0, 0.1) is 0 Å². The molecule has 1 heterocycles. The SMILES string of the molecule is CC1Oc2ccc(CO)cc2N(CCO)C1=O.